The standard InChI is InChI=1S/C15H15NO6/c1-2-3-4-11(15(21)22)16-12(17)9-6-5-8(14(19)20)7-10(9)13(16)18/h5-7,11H,2-4H2,1H3,(H,19,20)(H,21,22)/p-2/t11-/m1/s1. The summed E-state index contributed by atoms with van der Waals surface area (Å²) in [6, 6.07) is 1.99. The van der Waals surface area contributed by atoms with Crippen molar-refractivity contribution in [2.75, 3.05) is 0 Å². The highest BCUT2D eigenvalue weighted by Gasteiger charge is 2.40. The molecule has 0 N–H and O–H groups in total. The van der Waals surface area contributed by atoms with Crippen LogP contribution in [-0.2, 0) is 4.79 Å². The van der Waals surface area contributed by atoms with Crippen molar-refractivity contribution in [2.45, 2.75) is 32.2 Å². The minimum atomic E-state index is -1.51. The van der Waals surface area contributed by atoms with Gasteiger partial charge in [-0.05, 0) is 24.1 Å². The molecule has 2 rings (SSSR count). The van der Waals surface area contributed by atoms with Crippen LogP contribution >= 0.6 is 0 Å². The average Bonchev–Trinajstić information content (AvgIpc) is 2.72. The molecule has 0 unspecified atom stereocenters. The smallest absolute Gasteiger partial charge is 0.262 e. The summed E-state index contributed by atoms with van der Waals surface area (Å²) < 4.78 is 0. The Morgan fingerprint density at radius 3 is 2.32 bits per heavy atom. The molecule has 0 bridgehead atoms. The van der Waals surface area contributed by atoms with Crippen LogP contribution in [0.1, 0.15) is 57.3 Å². The van der Waals surface area contributed by atoms with Gasteiger partial charge in [0.15, 0.2) is 0 Å². The van der Waals surface area contributed by atoms with Gasteiger partial charge in [-0.3, -0.25) is 14.5 Å². The van der Waals surface area contributed by atoms with E-state index in [1.54, 1.807) is 0 Å². The van der Waals surface area contributed by atoms with E-state index in [2.05, 4.69) is 0 Å². The monoisotopic (exact) mass is 303 g/mol. The molecule has 7 nitrogen and oxygen atoms in total. The highest BCUT2D eigenvalue weighted by atomic mass is 16.4. The molecule has 116 valence electrons. The van der Waals surface area contributed by atoms with Gasteiger partial charge in [0.25, 0.3) is 11.8 Å². The third-order valence-corrected chi connectivity index (χ3v) is 3.57. The zero-order valence-electron chi connectivity index (χ0n) is 11.8. The summed E-state index contributed by atoms with van der Waals surface area (Å²) >= 11 is 0. The molecule has 1 aromatic rings. The molecule has 0 aromatic heterocycles. The normalized spacial score (nSPS) is 14.9. The van der Waals surface area contributed by atoms with Crippen molar-refractivity contribution >= 4 is 23.8 Å². The van der Waals surface area contributed by atoms with Gasteiger partial charge < -0.3 is 19.8 Å². The summed E-state index contributed by atoms with van der Waals surface area (Å²) in [5.74, 6) is -4.57. The molecule has 1 aromatic carbocycles. The van der Waals surface area contributed by atoms with Crippen molar-refractivity contribution in [3.8, 4) is 0 Å². The second-order valence-electron chi connectivity index (χ2n) is 5.01. The number of nitrogens with zero attached hydrogens (tertiary/aromatic N) is 1. The molecule has 0 aliphatic carbocycles. The number of fused-ring (bicyclic) bond motifs is 1. The highest BCUT2D eigenvalue weighted by molar-refractivity contribution is 6.23. The predicted octanol–water partition coefficient (Wildman–Crippen LogP) is -1.05. The molecule has 7 heteroatoms. The van der Waals surface area contributed by atoms with Gasteiger partial charge in [0.2, 0.25) is 0 Å². The topological polar surface area (TPSA) is 118 Å². The molecule has 0 radical (unpaired) electrons. The first kappa shape index (κ1) is 15.7. The van der Waals surface area contributed by atoms with E-state index >= 15 is 0 Å². The summed E-state index contributed by atoms with van der Waals surface area (Å²) in [5.41, 5.74) is -0.396. The first-order valence-electron chi connectivity index (χ1n) is 6.82. The second kappa shape index (κ2) is 5.97. The van der Waals surface area contributed by atoms with E-state index in [1.807, 2.05) is 6.92 Å². The minimum Gasteiger partial charge on any atom is -0.548 e. The van der Waals surface area contributed by atoms with Crippen LogP contribution in [0.15, 0.2) is 18.2 Å². The molecule has 1 heterocycles. The van der Waals surface area contributed by atoms with Crippen LogP contribution in [0.4, 0.5) is 0 Å². The first-order valence-corrected chi connectivity index (χ1v) is 6.82. The van der Waals surface area contributed by atoms with Crippen LogP contribution in [-0.4, -0.2) is 34.7 Å². The Labute approximate surface area is 126 Å². The molecule has 0 fully saturated rings. The van der Waals surface area contributed by atoms with E-state index in [-0.39, 0.29) is 23.1 Å². The third kappa shape index (κ3) is 2.57. The van der Waals surface area contributed by atoms with Crippen LogP contribution in [0.25, 0.3) is 0 Å². The SMILES string of the molecule is CCCC[C@H](C(=O)[O-])N1C(=O)c2ccc(C(=O)[O-])cc2C1=O. The number of carboxylic acids is 2. The molecular weight excluding hydrogens is 290 g/mol. The van der Waals surface area contributed by atoms with E-state index in [4.69, 9.17) is 0 Å². The van der Waals surface area contributed by atoms with E-state index in [0.29, 0.717) is 17.7 Å². The molecule has 1 aliphatic rings. The lowest BCUT2D eigenvalue weighted by atomic mass is 10.1. The Hall–Kier alpha value is -2.70. The maximum Gasteiger partial charge on any atom is 0.262 e. The van der Waals surface area contributed by atoms with Crippen molar-refractivity contribution in [1.29, 1.82) is 0 Å². The summed E-state index contributed by atoms with van der Waals surface area (Å²) in [5, 5.41) is 22.1. The summed E-state index contributed by atoms with van der Waals surface area (Å²) in [6.45, 7) is 1.85. The molecule has 1 aliphatic heterocycles. The number of amides is 2. The second-order valence-corrected chi connectivity index (χ2v) is 5.01. The van der Waals surface area contributed by atoms with Crippen molar-refractivity contribution in [1.82, 2.24) is 4.90 Å². The van der Waals surface area contributed by atoms with Crippen LogP contribution in [0, 0.1) is 0 Å². The van der Waals surface area contributed by atoms with Crippen LogP contribution in [0.3, 0.4) is 0 Å². The number of rotatable bonds is 6. The van der Waals surface area contributed by atoms with Gasteiger partial charge in [0.05, 0.1) is 29.1 Å². The van der Waals surface area contributed by atoms with Crippen LogP contribution < -0.4 is 10.2 Å². The zero-order chi connectivity index (χ0) is 16.4. The number of carbonyl (C=O) groups excluding carboxylic acids is 4. The zero-order valence-corrected chi connectivity index (χ0v) is 11.8. The molecule has 0 spiro atoms. The van der Waals surface area contributed by atoms with Crippen LogP contribution in [0.5, 0.6) is 0 Å². The van der Waals surface area contributed by atoms with E-state index < -0.39 is 29.8 Å². The van der Waals surface area contributed by atoms with Crippen molar-refractivity contribution < 1.29 is 29.4 Å². The summed E-state index contributed by atoms with van der Waals surface area (Å²) in [4.78, 5) is 47.3. The number of hydrogen-bond acceptors (Lipinski definition) is 6. The van der Waals surface area contributed by atoms with E-state index in [9.17, 15) is 29.4 Å². The largest absolute Gasteiger partial charge is 0.548 e. The van der Waals surface area contributed by atoms with Crippen molar-refractivity contribution in [3.05, 3.63) is 34.9 Å². The number of carbonyl (C=O) groups is 4. The van der Waals surface area contributed by atoms with Crippen LogP contribution in [0.2, 0.25) is 0 Å². The maximum atomic E-state index is 12.3. The number of aliphatic carboxylic acids is 1. The fraction of sp³-hybridized carbons (Fsp3) is 0.333. The minimum absolute atomic E-state index is 0.0160. The van der Waals surface area contributed by atoms with E-state index in [0.717, 1.165) is 12.1 Å². The van der Waals surface area contributed by atoms with Gasteiger partial charge in [-0.15, -0.1) is 0 Å². The number of carboxylic acid groups (broad SMARTS) is 2. The van der Waals surface area contributed by atoms with Gasteiger partial charge in [0, 0.05) is 0 Å². The molecular formula is C15H13NO6-2. The fourth-order valence-corrected chi connectivity index (χ4v) is 2.42. The lowest BCUT2D eigenvalue weighted by Crippen LogP contribution is -2.50. The molecule has 0 saturated carbocycles. The first-order chi connectivity index (χ1) is 10.4. The number of imide groups is 1. The Bertz CT molecular complexity index is 666. The number of unbranched alkanes of at least 4 members (excludes halogenated alkanes) is 1. The quantitative estimate of drug-likeness (QED) is 0.619. The summed E-state index contributed by atoms with van der Waals surface area (Å²) in [7, 11) is 0. The van der Waals surface area contributed by atoms with Gasteiger partial charge in [-0.2, -0.15) is 0 Å². The Morgan fingerprint density at radius 2 is 1.77 bits per heavy atom. The fourth-order valence-electron chi connectivity index (χ4n) is 2.42. The van der Waals surface area contributed by atoms with Gasteiger partial charge in [-0.1, -0.05) is 25.8 Å². The third-order valence-electron chi connectivity index (χ3n) is 3.57. The van der Waals surface area contributed by atoms with E-state index in [1.165, 1.54) is 6.07 Å². The molecule has 1 atom stereocenters. The molecule has 2 amide bonds. The van der Waals surface area contributed by atoms with Gasteiger partial charge >= 0.3 is 0 Å². The Balaban J connectivity index is 2.40. The molecule has 0 saturated heterocycles. The lowest BCUT2D eigenvalue weighted by Gasteiger charge is -2.26. The maximum absolute atomic E-state index is 12.3. The van der Waals surface area contributed by atoms with Crippen molar-refractivity contribution in [2.24, 2.45) is 0 Å². The summed E-state index contributed by atoms with van der Waals surface area (Å²) in [6.07, 6.45) is 1.30. The molecule has 22 heavy (non-hydrogen) atoms. The highest BCUT2D eigenvalue weighted by Crippen LogP contribution is 2.27. The number of hydrogen-bond donors (Lipinski definition) is 0. The average molecular weight is 303 g/mol. The Kier molecular flexibility index (Phi) is 4.25. The van der Waals surface area contributed by atoms with Gasteiger partial charge in [-0.25, -0.2) is 0 Å². The Morgan fingerprint density at radius 1 is 1.14 bits per heavy atom. The number of aromatic carboxylic acids is 1. The lowest BCUT2D eigenvalue weighted by molar-refractivity contribution is -0.310. The van der Waals surface area contributed by atoms with Gasteiger partial charge in [0.1, 0.15) is 0 Å². The van der Waals surface area contributed by atoms with Crippen molar-refractivity contribution in [3.63, 3.8) is 0 Å². The predicted molar refractivity (Wildman–Crippen MR) is 69.6 cm³/mol. The number of benzene rings is 1.